The molecule has 0 spiro atoms. The quantitative estimate of drug-likeness (QED) is 0.841. The van der Waals surface area contributed by atoms with E-state index < -0.39 is 10.1 Å². The molecule has 0 atom stereocenters. The fourth-order valence-corrected chi connectivity index (χ4v) is 4.76. The van der Waals surface area contributed by atoms with Gasteiger partial charge in [0.25, 0.3) is 0 Å². The number of aromatic hydroxyl groups is 1. The fraction of sp³-hybridized carbons (Fsp3) is 0.368. The minimum absolute atomic E-state index is 0.0462. The predicted molar refractivity (Wildman–Crippen MR) is 95.0 cm³/mol. The maximum Gasteiger partial charge on any atom is 0.339 e. The number of benzene rings is 2. The minimum atomic E-state index is -4.01. The predicted octanol–water partition coefficient (Wildman–Crippen LogP) is 3.80. The Hall–Kier alpha value is -2.21. The van der Waals surface area contributed by atoms with Gasteiger partial charge in [-0.25, -0.2) is 0 Å². The first-order chi connectivity index (χ1) is 11.5. The van der Waals surface area contributed by atoms with Crippen LogP contribution in [-0.2, 0) is 16.5 Å². The molecule has 0 amide bonds. The van der Waals surface area contributed by atoms with Gasteiger partial charge in [0.1, 0.15) is 27.7 Å². The average molecular weight is 362 g/mol. The van der Waals surface area contributed by atoms with Gasteiger partial charge in [-0.2, -0.15) is 8.42 Å². The van der Waals surface area contributed by atoms with Crippen molar-refractivity contribution in [2.45, 2.75) is 51.5 Å². The summed E-state index contributed by atoms with van der Waals surface area (Å²) in [5.74, 6) is 0.986. The van der Waals surface area contributed by atoms with Crippen LogP contribution in [0.1, 0.15) is 36.1 Å². The van der Waals surface area contributed by atoms with E-state index in [0.717, 1.165) is 16.9 Å². The van der Waals surface area contributed by atoms with Crippen molar-refractivity contribution in [1.29, 1.82) is 0 Å². The van der Waals surface area contributed by atoms with Crippen molar-refractivity contribution in [3.8, 4) is 17.2 Å². The minimum Gasteiger partial charge on any atom is -0.508 e. The molecule has 0 radical (unpaired) electrons. The van der Waals surface area contributed by atoms with Gasteiger partial charge in [-0.05, 0) is 75.6 Å². The van der Waals surface area contributed by atoms with Crippen molar-refractivity contribution in [1.82, 2.24) is 0 Å². The first-order valence-electron chi connectivity index (χ1n) is 8.07. The smallest absolute Gasteiger partial charge is 0.339 e. The fourth-order valence-electron chi connectivity index (χ4n) is 3.29. The summed E-state index contributed by atoms with van der Waals surface area (Å²) < 4.78 is 37.1. The molecule has 5 nitrogen and oxygen atoms in total. The molecule has 0 aliphatic carbocycles. The summed E-state index contributed by atoms with van der Waals surface area (Å²) in [5.41, 5.74) is 2.68. The Morgan fingerprint density at radius 1 is 1.04 bits per heavy atom. The van der Waals surface area contributed by atoms with Crippen LogP contribution in [0.25, 0.3) is 0 Å². The Kier molecular flexibility index (Phi) is 3.99. The maximum absolute atomic E-state index is 12.9. The highest BCUT2D eigenvalue weighted by molar-refractivity contribution is 7.87. The molecule has 1 N–H and O–H groups in total. The van der Waals surface area contributed by atoms with Gasteiger partial charge in [-0.3, -0.25) is 0 Å². The first-order valence-corrected chi connectivity index (χ1v) is 9.48. The largest absolute Gasteiger partial charge is 0.508 e. The normalized spacial score (nSPS) is 15.6. The van der Waals surface area contributed by atoms with Gasteiger partial charge in [0, 0.05) is 12.0 Å². The molecule has 2 aromatic carbocycles. The Morgan fingerprint density at radius 3 is 2.24 bits per heavy atom. The van der Waals surface area contributed by atoms with Gasteiger partial charge >= 0.3 is 10.1 Å². The first kappa shape index (κ1) is 17.6. The van der Waals surface area contributed by atoms with E-state index in [-0.39, 0.29) is 22.0 Å². The summed E-state index contributed by atoms with van der Waals surface area (Å²) in [6, 6.07) is 5.61. The van der Waals surface area contributed by atoms with Crippen molar-refractivity contribution in [2.75, 3.05) is 0 Å². The third-order valence-electron chi connectivity index (χ3n) is 4.58. The molecule has 1 aliphatic rings. The monoisotopic (exact) mass is 362 g/mol. The Bertz CT molecular complexity index is 941. The Balaban J connectivity index is 2.11. The molecule has 25 heavy (non-hydrogen) atoms. The number of hydrogen-bond donors (Lipinski definition) is 1. The zero-order chi connectivity index (χ0) is 18.6. The van der Waals surface area contributed by atoms with E-state index >= 15 is 0 Å². The second kappa shape index (κ2) is 5.66. The molecule has 1 heterocycles. The molecule has 0 fully saturated rings. The molecule has 1 aliphatic heterocycles. The van der Waals surface area contributed by atoms with Crippen LogP contribution in [0.4, 0.5) is 0 Å². The van der Waals surface area contributed by atoms with Gasteiger partial charge in [-0.1, -0.05) is 0 Å². The lowest BCUT2D eigenvalue weighted by molar-refractivity contribution is 0.137. The van der Waals surface area contributed by atoms with E-state index in [1.807, 2.05) is 20.8 Å². The number of hydrogen-bond acceptors (Lipinski definition) is 5. The van der Waals surface area contributed by atoms with Crippen LogP contribution in [0.15, 0.2) is 29.2 Å². The highest BCUT2D eigenvalue weighted by Crippen LogP contribution is 2.44. The average Bonchev–Trinajstić information content (AvgIpc) is 2.83. The van der Waals surface area contributed by atoms with Gasteiger partial charge < -0.3 is 14.0 Å². The van der Waals surface area contributed by atoms with Crippen molar-refractivity contribution in [3.63, 3.8) is 0 Å². The van der Waals surface area contributed by atoms with Crippen molar-refractivity contribution in [3.05, 3.63) is 46.5 Å². The van der Waals surface area contributed by atoms with E-state index in [1.54, 1.807) is 13.8 Å². The summed E-state index contributed by atoms with van der Waals surface area (Å²) >= 11 is 0. The van der Waals surface area contributed by atoms with Gasteiger partial charge in [-0.15, -0.1) is 0 Å². The van der Waals surface area contributed by atoms with Gasteiger partial charge in [0.05, 0.1) is 0 Å². The molecule has 0 bridgehead atoms. The van der Waals surface area contributed by atoms with E-state index in [0.29, 0.717) is 17.5 Å². The van der Waals surface area contributed by atoms with Crippen LogP contribution in [0, 0.1) is 20.8 Å². The molecule has 3 rings (SSSR count). The van der Waals surface area contributed by atoms with Crippen LogP contribution in [0.5, 0.6) is 17.2 Å². The molecule has 0 aromatic heterocycles. The summed E-state index contributed by atoms with van der Waals surface area (Å²) in [7, 11) is -4.01. The number of phenols is 1. The maximum atomic E-state index is 12.9. The summed E-state index contributed by atoms with van der Waals surface area (Å²) in [5, 5.41) is 9.33. The van der Waals surface area contributed by atoms with Crippen LogP contribution in [0.3, 0.4) is 0 Å². The van der Waals surface area contributed by atoms with Crippen molar-refractivity contribution < 1.29 is 22.4 Å². The third kappa shape index (κ3) is 3.06. The molecular weight excluding hydrogens is 340 g/mol. The second-order valence-electron chi connectivity index (χ2n) is 7.08. The lowest BCUT2D eigenvalue weighted by Gasteiger charge is -2.19. The Labute approximate surface area is 148 Å². The number of phenolic OH excluding ortho intramolecular Hbond substituents is 1. The highest BCUT2D eigenvalue weighted by atomic mass is 32.2. The van der Waals surface area contributed by atoms with E-state index in [9.17, 15) is 13.5 Å². The summed E-state index contributed by atoms with van der Waals surface area (Å²) in [4.78, 5) is 0.193. The molecule has 2 aromatic rings. The van der Waals surface area contributed by atoms with Crippen LogP contribution in [-0.4, -0.2) is 19.1 Å². The topological polar surface area (TPSA) is 72.8 Å². The van der Waals surface area contributed by atoms with E-state index in [2.05, 4.69) is 0 Å². The number of rotatable bonds is 3. The van der Waals surface area contributed by atoms with Crippen molar-refractivity contribution in [2.24, 2.45) is 0 Å². The number of ether oxygens (including phenoxy) is 1. The molecule has 0 saturated carbocycles. The molecule has 0 unspecified atom stereocenters. The van der Waals surface area contributed by atoms with E-state index in [1.165, 1.54) is 24.3 Å². The van der Waals surface area contributed by atoms with Gasteiger partial charge in [0.2, 0.25) is 0 Å². The zero-order valence-electron chi connectivity index (χ0n) is 15.0. The molecule has 6 heteroatoms. The third-order valence-corrected chi connectivity index (χ3v) is 6.11. The standard InChI is InChI=1S/C19H22O5S/c1-11-12(2)18(13(3)16-10-19(4,5)23-17(11)16)25(21,22)24-15-8-6-14(20)7-9-15/h6-9,20H,10H2,1-5H3. The summed E-state index contributed by atoms with van der Waals surface area (Å²) in [6.07, 6.45) is 0.650. The van der Waals surface area contributed by atoms with Crippen molar-refractivity contribution >= 4 is 10.1 Å². The van der Waals surface area contributed by atoms with Gasteiger partial charge in [0.15, 0.2) is 0 Å². The zero-order valence-corrected chi connectivity index (χ0v) is 15.8. The summed E-state index contributed by atoms with van der Waals surface area (Å²) in [6.45, 7) is 9.41. The van der Waals surface area contributed by atoms with E-state index in [4.69, 9.17) is 8.92 Å². The van der Waals surface area contributed by atoms with Crippen LogP contribution in [0.2, 0.25) is 0 Å². The van der Waals surface area contributed by atoms with Crippen LogP contribution >= 0.6 is 0 Å². The lowest BCUT2D eigenvalue weighted by Crippen LogP contribution is -2.24. The Morgan fingerprint density at radius 2 is 1.64 bits per heavy atom. The SMILES string of the molecule is Cc1c(C)c(S(=O)(=O)Oc2ccc(O)cc2)c(C)c2c1OC(C)(C)C2. The molecule has 0 saturated heterocycles. The van der Waals surface area contributed by atoms with Crippen LogP contribution < -0.4 is 8.92 Å². The molecule has 134 valence electrons. The lowest BCUT2D eigenvalue weighted by atomic mass is 9.94. The number of fused-ring (bicyclic) bond motifs is 1. The second-order valence-corrected chi connectivity index (χ2v) is 8.56. The highest BCUT2D eigenvalue weighted by Gasteiger charge is 2.37. The molecular formula is C19H22O5S.